The van der Waals surface area contributed by atoms with Crippen molar-refractivity contribution in [2.45, 2.75) is 17.7 Å². The summed E-state index contributed by atoms with van der Waals surface area (Å²) < 4.78 is 32.0. The van der Waals surface area contributed by atoms with E-state index in [9.17, 15) is 13.2 Å². The highest BCUT2D eigenvalue weighted by Gasteiger charge is 2.37. The lowest BCUT2D eigenvalue weighted by atomic mass is 10.0. The highest BCUT2D eigenvalue weighted by atomic mass is 35.5. The molecular weight excluding hydrogens is 402 g/mol. The number of carbonyl (C=O) groups is 1. The zero-order valence-corrected chi connectivity index (χ0v) is 17.5. The maximum atomic E-state index is 12.6. The first-order valence-corrected chi connectivity index (χ1v) is 11.1. The number of nitrogens with one attached hydrogen (secondary N) is 1. The number of nitrogens with zero attached hydrogens (tertiary/aromatic N) is 2. The van der Waals surface area contributed by atoms with Crippen molar-refractivity contribution in [1.29, 1.82) is 0 Å². The lowest BCUT2D eigenvalue weighted by molar-refractivity contribution is -0.130. The second-order valence-electron chi connectivity index (χ2n) is 7.64. The average Bonchev–Trinajstić information content (AvgIpc) is 3.29. The predicted octanol–water partition coefficient (Wildman–Crippen LogP) is 0.740. The fourth-order valence-corrected chi connectivity index (χ4v) is 5.64. The number of hydrogen-bond acceptors (Lipinski definition) is 5. The van der Waals surface area contributed by atoms with E-state index in [1.807, 2.05) is 17.0 Å². The summed E-state index contributed by atoms with van der Waals surface area (Å²) in [6, 6.07) is 6.94. The molecule has 3 fully saturated rings. The van der Waals surface area contributed by atoms with E-state index in [4.69, 9.17) is 4.74 Å². The average molecular weight is 430 g/mol. The Hall–Kier alpha value is -1.19. The van der Waals surface area contributed by atoms with Crippen molar-refractivity contribution in [3.05, 3.63) is 29.8 Å². The summed E-state index contributed by atoms with van der Waals surface area (Å²) in [5.74, 6) is 1.42. The molecule has 1 amide bonds. The molecule has 3 aliphatic heterocycles. The molecule has 0 bridgehead atoms. The van der Waals surface area contributed by atoms with Crippen LogP contribution in [0.2, 0.25) is 0 Å². The van der Waals surface area contributed by atoms with Crippen LogP contribution >= 0.6 is 12.4 Å². The number of sulfonamides is 1. The Balaban J connectivity index is 0.00000225. The first kappa shape index (κ1) is 21.5. The van der Waals surface area contributed by atoms with Crippen LogP contribution in [0.4, 0.5) is 0 Å². The van der Waals surface area contributed by atoms with Gasteiger partial charge in [0, 0.05) is 45.7 Å². The van der Waals surface area contributed by atoms with Crippen molar-refractivity contribution in [2.75, 3.05) is 52.5 Å². The van der Waals surface area contributed by atoms with Crippen LogP contribution in [-0.2, 0) is 26.0 Å². The van der Waals surface area contributed by atoms with Crippen molar-refractivity contribution in [3.63, 3.8) is 0 Å². The van der Waals surface area contributed by atoms with Crippen LogP contribution in [0, 0.1) is 11.8 Å². The van der Waals surface area contributed by atoms with E-state index in [-0.39, 0.29) is 18.3 Å². The molecule has 0 radical (unpaired) electrons. The van der Waals surface area contributed by atoms with Gasteiger partial charge in [0.25, 0.3) is 0 Å². The monoisotopic (exact) mass is 429 g/mol. The molecule has 0 spiro atoms. The summed E-state index contributed by atoms with van der Waals surface area (Å²) in [5, 5.41) is 3.39. The van der Waals surface area contributed by atoms with Crippen LogP contribution in [0.1, 0.15) is 12.0 Å². The van der Waals surface area contributed by atoms with E-state index in [2.05, 4.69) is 5.32 Å². The number of hydrogen-bond donors (Lipinski definition) is 1. The van der Waals surface area contributed by atoms with Gasteiger partial charge in [-0.05, 0) is 36.0 Å². The summed E-state index contributed by atoms with van der Waals surface area (Å²) in [7, 11) is -3.46. The largest absolute Gasteiger partial charge is 0.379 e. The molecule has 1 N–H and O–H groups in total. The van der Waals surface area contributed by atoms with Crippen molar-refractivity contribution < 1.29 is 17.9 Å². The number of halogens is 1. The Labute approximate surface area is 172 Å². The minimum atomic E-state index is -3.46. The third-order valence-electron chi connectivity index (χ3n) is 5.90. The van der Waals surface area contributed by atoms with Gasteiger partial charge in [0.1, 0.15) is 0 Å². The molecule has 0 saturated carbocycles. The minimum Gasteiger partial charge on any atom is -0.379 e. The minimum absolute atomic E-state index is 0. The van der Waals surface area contributed by atoms with Gasteiger partial charge in [-0.1, -0.05) is 12.1 Å². The van der Waals surface area contributed by atoms with E-state index in [0.717, 1.165) is 31.7 Å². The van der Waals surface area contributed by atoms with E-state index in [1.165, 1.54) is 4.31 Å². The summed E-state index contributed by atoms with van der Waals surface area (Å²) in [6.07, 6.45) is 1.11. The topological polar surface area (TPSA) is 79.0 Å². The summed E-state index contributed by atoms with van der Waals surface area (Å²) in [6.45, 7) is 5.45. The second kappa shape index (κ2) is 9.09. The van der Waals surface area contributed by atoms with Gasteiger partial charge >= 0.3 is 0 Å². The van der Waals surface area contributed by atoms with Crippen molar-refractivity contribution >= 4 is 28.3 Å². The normalized spacial score (nSPS) is 25.4. The maximum absolute atomic E-state index is 12.6. The molecule has 28 heavy (non-hydrogen) atoms. The molecular formula is C19H28ClN3O4S. The molecule has 1 aromatic rings. The van der Waals surface area contributed by atoms with Crippen molar-refractivity contribution in [3.8, 4) is 0 Å². The SMILES string of the molecule is Cl.O=C(CCc1ccc(S(=O)(=O)N2CCOCC2)cc1)N1C[C@H]2CNC[C@H]2C1. The number of carbonyl (C=O) groups excluding carboxylic acids is 1. The van der Waals surface area contributed by atoms with Gasteiger partial charge in [-0.2, -0.15) is 4.31 Å². The number of aryl methyl sites for hydroxylation is 1. The molecule has 3 aliphatic rings. The molecule has 156 valence electrons. The number of morpholine rings is 1. The summed E-state index contributed by atoms with van der Waals surface area (Å²) >= 11 is 0. The smallest absolute Gasteiger partial charge is 0.243 e. The van der Waals surface area contributed by atoms with Crippen LogP contribution in [0.5, 0.6) is 0 Å². The van der Waals surface area contributed by atoms with E-state index in [0.29, 0.717) is 55.9 Å². The van der Waals surface area contributed by atoms with Crippen LogP contribution in [-0.4, -0.2) is 76.0 Å². The Morgan fingerprint density at radius 3 is 2.29 bits per heavy atom. The molecule has 9 heteroatoms. The molecule has 7 nitrogen and oxygen atoms in total. The zero-order chi connectivity index (χ0) is 18.9. The first-order chi connectivity index (χ1) is 13.0. The predicted molar refractivity (Wildman–Crippen MR) is 108 cm³/mol. The molecule has 2 atom stereocenters. The lowest BCUT2D eigenvalue weighted by Gasteiger charge is -2.26. The van der Waals surface area contributed by atoms with Crippen LogP contribution in [0.15, 0.2) is 29.2 Å². The second-order valence-corrected chi connectivity index (χ2v) is 9.58. The van der Waals surface area contributed by atoms with Gasteiger partial charge in [0.15, 0.2) is 0 Å². The van der Waals surface area contributed by atoms with Crippen molar-refractivity contribution in [2.24, 2.45) is 11.8 Å². The van der Waals surface area contributed by atoms with Crippen LogP contribution < -0.4 is 5.32 Å². The van der Waals surface area contributed by atoms with Crippen molar-refractivity contribution in [1.82, 2.24) is 14.5 Å². The molecule has 3 saturated heterocycles. The molecule has 4 rings (SSSR count). The molecule has 0 aromatic heterocycles. The quantitative estimate of drug-likeness (QED) is 0.746. The molecule has 0 aliphatic carbocycles. The Morgan fingerprint density at radius 2 is 1.68 bits per heavy atom. The van der Waals surface area contributed by atoms with Gasteiger partial charge in [-0.15, -0.1) is 12.4 Å². The number of likely N-dealkylation sites (tertiary alicyclic amines) is 1. The van der Waals surface area contributed by atoms with Gasteiger partial charge in [0.05, 0.1) is 18.1 Å². The fourth-order valence-electron chi connectivity index (χ4n) is 4.23. The molecule has 3 heterocycles. The van der Waals surface area contributed by atoms with Gasteiger partial charge in [-0.3, -0.25) is 4.79 Å². The molecule has 1 aromatic carbocycles. The molecule has 0 unspecified atom stereocenters. The highest BCUT2D eigenvalue weighted by Crippen LogP contribution is 2.27. The number of ether oxygens (including phenoxy) is 1. The standard InChI is InChI=1S/C19H27N3O4S.ClH/c23-19(21-13-16-11-20-12-17(16)14-21)6-3-15-1-4-18(5-2-15)27(24,25)22-7-9-26-10-8-22;/h1-2,4-5,16-17,20H,3,6-14H2;1H/t16-,17+;. The Bertz CT molecular complexity index is 769. The van der Waals surface area contributed by atoms with E-state index in [1.54, 1.807) is 12.1 Å². The van der Waals surface area contributed by atoms with E-state index >= 15 is 0 Å². The Morgan fingerprint density at radius 1 is 1.07 bits per heavy atom. The Kier molecular flexibility index (Phi) is 6.98. The highest BCUT2D eigenvalue weighted by molar-refractivity contribution is 7.89. The van der Waals surface area contributed by atoms with Gasteiger partial charge < -0.3 is 15.0 Å². The van der Waals surface area contributed by atoms with E-state index < -0.39 is 10.0 Å². The third-order valence-corrected chi connectivity index (χ3v) is 7.81. The lowest BCUT2D eigenvalue weighted by Crippen LogP contribution is -2.40. The van der Waals surface area contributed by atoms with Gasteiger partial charge in [-0.25, -0.2) is 8.42 Å². The fraction of sp³-hybridized carbons (Fsp3) is 0.632. The van der Waals surface area contributed by atoms with Crippen LogP contribution in [0.3, 0.4) is 0 Å². The summed E-state index contributed by atoms with van der Waals surface area (Å²) in [4.78, 5) is 14.8. The number of amides is 1. The van der Waals surface area contributed by atoms with Gasteiger partial charge in [0.2, 0.25) is 15.9 Å². The summed E-state index contributed by atoms with van der Waals surface area (Å²) in [5.41, 5.74) is 0.991. The third kappa shape index (κ3) is 4.52. The maximum Gasteiger partial charge on any atom is 0.243 e. The number of rotatable bonds is 5. The zero-order valence-electron chi connectivity index (χ0n) is 15.9. The first-order valence-electron chi connectivity index (χ1n) is 9.69. The van der Waals surface area contributed by atoms with Crippen LogP contribution in [0.25, 0.3) is 0 Å². The number of fused-ring (bicyclic) bond motifs is 1. The number of benzene rings is 1.